The smallest absolute Gasteiger partial charge is 0.190 e. The zero-order chi connectivity index (χ0) is 19.5. The molecule has 0 aromatic heterocycles. The summed E-state index contributed by atoms with van der Waals surface area (Å²) in [7, 11) is 5.32. The number of benzene rings is 1. The summed E-state index contributed by atoms with van der Waals surface area (Å²) in [4.78, 5) is 6.84. The van der Waals surface area contributed by atoms with Gasteiger partial charge in [0.2, 0.25) is 0 Å². The van der Waals surface area contributed by atoms with Crippen molar-refractivity contribution in [1.82, 2.24) is 15.5 Å². The van der Waals surface area contributed by atoms with Crippen molar-refractivity contribution in [2.24, 2.45) is 10.9 Å². The molecule has 1 fully saturated rings. The Morgan fingerprint density at radius 1 is 1.22 bits per heavy atom. The van der Waals surface area contributed by atoms with Gasteiger partial charge >= 0.3 is 0 Å². The van der Waals surface area contributed by atoms with E-state index in [1.807, 2.05) is 13.1 Å². The molecule has 1 aromatic rings. The second kappa shape index (κ2) is 11.8. The number of methoxy groups -OCH3 is 2. The quantitative estimate of drug-likeness (QED) is 0.510. The summed E-state index contributed by atoms with van der Waals surface area (Å²) in [5.41, 5.74) is 2.48. The average Bonchev–Trinajstić information content (AvgIpc) is 2.70. The Kier molecular flexibility index (Phi) is 9.42. The van der Waals surface area contributed by atoms with Crippen LogP contribution in [0.4, 0.5) is 0 Å². The van der Waals surface area contributed by atoms with Gasteiger partial charge in [-0.1, -0.05) is 17.7 Å². The second-order valence-electron chi connectivity index (χ2n) is 7.22. The molecule has 1 aliphatic rings. The lowest BCUT2D eigenvalue weighted by atomic mass is 9.97. The van der Waals surface area contributed by atoms with E-state index in [4.69, 9.17) is 9.47 Å². The van der Waals surface area contributed by atoms with E-state index >= 15 is 0 Å². The predicted molar refractivity (Wildman–Crippen MR) is 112 cm³/mol. The molecule has 0 atom stereocenters. The predicted octanol–water partition coefficient (Wildman–Crippen LogP) is 2.07. The Morgan fingerprint density at radius 2 is 2.00 bits per heavy atom. The number of nitrogens with zero attached hydrogens (tertiary/aromatic N) is 2. The van der Waals surface area contributed by atoms with Crippen LogP contribution in [0.15, 0.2) is 23.2 Å². The van der Waals surface area contributed by atoms with Crippen LogP contribution in [0.2, 0.25) is 0 Å². The van der Waals surface area contributed by atoms with Gasteiger partial charge in [0, 0.05) is 33.8 Å². The summed E-state index contributed by atoms with van der Waals surface area (Å²) in [5.74, 6) is 2.54. The van der Waals surface area contributed by atoms with Gasteiger partial charge in [-0.15, -0.1) is 0 Å². The average molecular weight is 377 g/mol. The summed E-state index contributed by atoms with van der Waals surface area (Å²) in [6.45, 7) is 8.11. The molecule has 152 valence electrons. The van der Waals surface area contributed by atoms with Gasteiger partial charge in [0.05, 0.1) is 13.7 Å². The van der Waals surface area contributed by atoms with Crippen LogP contribution in [0.3, 0.4) is 0 Å². The zero-order valence-electron chi connectivity index (χ0n) is 17.4. The van der Waals surface area contributed by atoms with E-state index in [0.717, 1.165) is 57.5 Å². The molecule has 0 aliphatic carbocycles. The van der Waals surface area contributed by atoms with Crippen molar-refractivity contribution in [3.63, 3.8) is 0 Å². The van der Waals surface area contributed by atoms with Crippen LogP contribution in [0.1, 0.15) is 24.0 Å². The van der Waals surface area contributed by atoms with Gasteiger partial charge in [-0.2, -0.15) is 0 Å². The first kappa shape index (κ1) is 21.5. The lowest BCUT2D eigenvalue weighted by Gasteiger charge is -2.32. The van der Waals surface area contributed by atoms with Gasteiger partial charge in [-0.3, -0.25) is 4.99 Å². The number of likely N-dealkylation sites (tertiary alicyclic amines) is 1. The van der Waals surface area contributed by atoms with E-state index in [0.29, 0.717) is 5.92 Å². The molecule has 2 N–H and O–H groups in total. The standard InChI is InChI=1S/C21H36N4O2/c1-17-5-6-20(27-4)19(15-17)7-10-23-21(22-2)24-16-18-8-11-25(12-9-18)13-14-26-3/h5-6,15,18H,7-14,16H2,1-4H3,(H2,22,23,24). The number of ether oxygens (including phenoxy) is 2. The molecule has 1 aromatic carbocycles. The minimum atomic E-state index is 0.708. The van der Waals surface area contributed by atoms with Crippen LogP contribution >= 0.6 is 0 Å². The van der Waals surface area contributed by atoms with Crippen molar-refractivity contribution in [2.45, 2.75) is 26.2 Å². The van der Waals surface area contributed by atoms with Crippen molar-refractivity contribution >= 4 is 5.96 Å². The van der Waals surface area contributed by atoms with Crippen LogP contribution in [-0.2, 0) is 11.2 Å². The highest BCUT2D eigenvalue weighted by Gasteiger charge is 2.19. The molecule has 27 heavy (non-hydrogen) atoms. The number of hydrogen-bond donors (Lipinski definition) is 2. The Bertz CT molecular complexity index is 584. The van der Waals surface area contributed by atoms with Crippen LogP contribution in [-0.4, -0.2) is 71.5 Å². The van der Waals surface area contributed by atoms with Gasteiger partial charge in [0.25, 0.3) is 0 Å². The number of nitrogens with one attached hydrogen (secondary N) is 2. The zero-order valence-corrected chi connectivity index (χ0v) is 17.4. The molecular formula is C21H36N4O2. The third-order valence-electron chi connectivity index (χ3n) is 5.22. The minimum absolute atomic E-state index is 0.708. The van der Waals surface area contributed by atoms with Crippen LogP contribution in [0, 0.1) is 12.8 Å². The molecule has 0 spiro atoms. The highest BCUT2D eigenvalue weighted by atomic mass is 16.5. The van der Waals surface area contributed by atoms with Crippen molar-refractivity contribution < 1.29 is 9.47 Å². The molecule has 0 amide bonds. The third kappa shape index (κ3) is 7.39. The van der Waals surface area contributed by atoms with E-state index in [1.54, 1.807) is 14.2 Å². The molecule has 6 heteroatoms. The molecule has 1 aliphatic heterocycles. The first-order chi connectivity index (χ1) is 13.2. The van der Waals surface area contributed by atoms with Crippen LogP contribution in [0.5, 0.6) is 5.75 Å². The van der Waals surface area contributed by atoms with E-state index < -0.39 is 0 Å². The second-order valence-corrected chi connectivity index (χ2v) is 7.22. The highest BCUT2D eigenvalue weighted by Crippen LogP contribution is 2.19. The van der Waals surface area contributed by atoms with E-state index in [2.05, 4.69) is 39.6 Å². The fraction of sp³-hybridized carbons (Fsp3) is 0.667. The van der Waals surface area contributed by atoms with Gasteiger partial charge in [-0.25, -0.2) is 0 Å². The number of rotatable bonds is 9. The van der Waals surface area contributed by atoms with Crippen molar-refractivity contribution in [1.29, 1.82) is 0 Å². The van der Waals surface area contributed by atoms with Crippen LogP contribution in [0.25, 0.3) is 0 Å². The fourth-order valence-corrected chi connectivity index (χ4v) is 3.51. The van der Waals surface area contributed by atoms with Crippen molar-refractivity contribution in [3.05, 3.63) is 29.3 Å². The van der Waals surface area contributed by atoms with E-state index in [-0.39, 0.29) is 0 Å². The Hall–Kier alpha value is -1.79. The number of piperidine rings is 1. The van der Waals surface area contributed by atoms with E-state index in [9.17, 15) is 0 Å². The number of aliphatic imine (C=N–C) groups is 1. The van der Waals surface area contributed by atoms with Crippen LogP contribution < -0.4 is 15.4 Å². The summed E-state index contributed by atoms with van der Waals surface area (Å²) < 4.78 is 10.6. The molecule has 1 saturated heterocycles. The van der Waals surface area contributed by atoms with Crippen molar-refractivity contribution in [3.8, 4) is 5.75 Å². The maximum atomic E-state index is 5.46. The fourth-order valence-electron chi connectivity index (χ4n) is 3.51. The molecule has 0 radical (unpaired) electrons. The molecule has 0 saturated carbocycles. The van der Waals surface area contributed by atoms with Gasteiger partial charge in [0.15, 0.2) is 5.96 Å². The lowest BCUT2D eigenvalue weighted by molar-refractivity contribution is 0.121. The number of hydrogen-bond acceptors (Lipinski definition) is 4. The Labute approximate surface area is 164 Å². The van der Waals surface area contributed by atoms with Gasteiger partial charge in [0.1, 0.15) is 5.75 Å². The number of guanidine groups is 1. The largest absolute Gasteiger partial charge is 0.496 e. The maximum Gasteiger partial charge on any atom is 0.190 e. The topological polar surface area (TPSA) is 58.1 Å². The molecule has 6 nitrogen and oxygen atoms in total. The minimum Gasteiger partial charge on any atom is -0.496 e. The molecule has 2 rings (SSSR count). The van der Waals surface area contributed by atoms with Gasteiger partial charge in [-0.05, 0) is 56.8 Å². The first-order valence-corrected chi connectivity index (χ1v) is 9.95. The molecule has 0 unspecified atom stereocenters. The monoisotopic (exact) mass is 376 g/mol. The lowest BCUT2D eigenvalue weighted by Crippen LogP contribution is -2.43. The van der Waals surface area contributed by atoms with Gasteiger partial charge < -0.3 is 25.0 Å². The molecule has 1 heterocycles. The molecule has 0 bridgehead atoms. The normalized spacial score (nSPS) is 16.4. The summed E-state index contributed by atoms with van der Waals surface area (Å²) in [6, 6.07) is 6.31. The Morgan fingerprint density at radius 3 is 2.67 bits per heavy atom. The first-order valence-electron chi connectivity index (χ1n) is 9.95. The molecular weight excluding hydrogens is 340 g/mol. The summed E-state index contributed by atoms with van der Waals surface area (Å²) >= 11 is 0. The third-order valence-corrected chi connectivity index (χ3v) is 5.22. The maximum absolute atomic E-state index is 5.46. The van der Waals surface area contributed by atoms with E-state index in [1.165, 1.54) is 24.0 Å². The SMILES string of the molecule is CN=C(NCCc1cc(C)ccc1OC)NCC1CCN(CCOC)CC1. The Balaban J connectivity index is 1.69. The number of aryl methyl sites for hydroxylation is 1. The highest BCUT2D eigenvalue weighted by molar-refractivity contribution is 5.79. The summed E-state index contributed by atoms with van der Waals surface area (Å²) in [5, 5.41) is 6.91. The summed E-state index contributed by atoms with van der Waals surface area (Å²) in [6.07, 6.45) is 3.37. The van der Waals surface area contributed by atoms with Crippen molar-refractivity contribution in [2.75, 3.05) is 60.6 Å².